The van der Waals surface area contributed by atoms with Crippen LogP contribution in [0.15, 0.2) is 18.2 Å². The second-order valence-corrected chi connectivity index (χ2v) is 9.01. The van der Waals surface area contributed by atoms with Crippen molar-refractivity contribution in [3.63, 3.8) is 0 Å². The van der Waals surface area contributed by atoms with Crippen molar-refractivity contribution in [3.8, 4) is 5.75 Å². The lowest BCUT2D eigenvalue weighted by atomic mass is 9.87. The highest BCUT2D eigenvalue weighted by Crippen LogP contribution is 2.33. The van der Waals surface area contributed by atoms with E-state index in [1.807, 2.05) is 19.1 Å². The summed E-state index contributed by atoms with van der Waals surface area (Å²) >= 11 is 0. The molecule has 0 unspecified atom stereocenters. The maximum Gasteiger partial charge on any atom is 0.409 e. The Hall–Kier alpha value is -2.81. The number of ether oxygens (including phenoxy) is 1. The minimum Gasteiger partial charge on any atom is -0.508 e. The van der Waals surface area contributed by atoms with Gasteiger partial charge in [-0.2, -0.15) is 0 Å². The smallest absolute Gasteiger partial charge is 0.409 e. The Kier molecular flexibility index (Phi) is 6.28. The van der Waals surface area contributed by atoms with Gasteiger partial charge in [0.25, 0.3) is 5.91 Å². The lowest BCUT2D eigenvalue weighted by molar-refractivity contribution is -0.135. The van der Waals surface area contributed by atoms with Gasteiger partial charge in [-0.1, -0.05) is 17.7 Å². The van der Waals surface area contributed by atoms with Crippen LogP contribution in [0.3, 0.4) is 0 Å². The number of nitrogens with zero attached hydrogens (tertiary/aromatic N) is 3. The van der Waals surface area contributed by atoms with Gasteiger partial charge in [0.15, 0.2) is 0 Å². The molecule has 0 aromatic heterocycles. The van der Waals surface area contributed by atoms with E-state index in [0.717, 1.165) is 24.2 Å². The SMILES string of the molecule is CCOC(=O)N1CCC2(CC1)NC(=O)N(C1CCN(Cc3cc(C)ccc3O)CC1)C2=O. The number of amides is 4. The summed E-state index contributed by atoms with van der Waals surface area (Å²) in [7, 11) is 0. The first-order valence-corrected chi connectivity index (χ1v) is 11.4. The van der Waals surface area contributed by atoms with E-state index >= 15 is 0 Å². The van der Waals surface area contributed by atoms with Gasteiger partial charge in [0.05, 0.1) is 6.61 Å². The van der Waals surface area contributed by atoms with Crippen LogP contribution in [-0.2, 0) is 16.1 Å². The van der Waals surface area contributed by atoms with E-state index in [1.165, 1.54) is 4.90 Å². The number of aryl methyl sites for hydroxylation is 1. The molecule has 4 amide bonds. The van der Waals surface area contributed by atoms with Crippen molar-refractivity contribution >= 4 is 18.0 Å². The van der Waals surface area contributed by atoms with Crippen LogP contribution in [0.5, 0.6) is 5.75 Å². The Balaban J connectivity index is 1.34. The van der Waals surface area contributed by atoms with Gasteiger partial charge in [-0.15, -0.1) is 0 Å². The predicted octanol–water partition coefficient (Wildman–Crippen LogP) is 2.21. The number of likely N-dealkylation sites (tertiary alicyclic amines) is 2. The molecule has 2 N–H and O–H groups in total. The number of nitrogens with one attached hydrogen (secondary N) is 1. The van der Waals surface area contributed by atoms with Gasteiger partial charge in [0.1, 0.15) is 11.3 Å². The molecule has 0 bridgehead atoms. The van der Waals surface area contributed by atoms with E-state index in [9.17, 15) is 19.5 Å². The van der Waals surface area contributed by atoms with Crippen LogP contribution in [0, 0.1) is 6.92 Å². The van der Waals surface area contributed by atoms with Crippen molar-refractivity contribution in [2.45, 2.75) is 57.7 Å². The van der Waals surface area contributed by atoms with Gasteiger partial charge < -0.3 is 20.1 Å². The largest absolute Gasteiger partial charge is 0.508 e. The van der Waals surface area contributed by atoms with E-state index < -0.39 is 5.54 Å². The molecule has 3 saturated heterocycles. The quantitative estimate of drug-likeness (QED) is 0.691. The number of hydrogen-bond acceptors (Lipinski definition) is 6. The highest BCUT2D eigenvalue weighted by Gasteiger charge is 2.54. The molecule has 3 aliphatic heterocycles. The zero-order valence-electron chi connectivity index (χ0n) is 18.8. The number of carbonyl (C=O) groups is 3. The fourth-order valence-corrected chi connectivity index (χ4v) is 5.01. The molecule has 3 heterocycles. The Morgan fingerprint density at radius 3 is 2.53 bits per heavy atom. The Morgan fingerprint density at radius 2 is 1.88 bits per heavy atom. The second-order valence-electron chi connectivity index (χ2n) is 9.01. The third-order valence-corrected chi connectivity index (χ3v) is 6.89. The average Bonchev–Trinajstić information content (AvgIpc) is 3.01. The van der Waals surface area contributed by atoms with E-state index in [-0.39, 0.29) is 24.1 Å². The zero-order valence-corrected chi connectivity index (χ0v) is 18.8. The van der Waals surface area contributed by atoms with Crippen LogP contribution in [0.1, 0.15) is 43.7 Å². The highest BCUT2D eigenvalue weighted by atomic mass is 16.6. The molecule has 0 atom stereocenters. The van der Waals surface area contributed by atoms with E-state index in [4.69, 9.17) is 4.74 Å². The number of aromatic hydroxyl groups is 1. The molecule has 4 rings (SSSR count). The normalized spacial score (nSPS) is 21.8. The number of carbonyl (C=O) groups excluding carboxylic acids is 3. The maximum atomic E-state index is 13.3. The molecule has 32 heavy (non-hydrogen) atoms. The topological polar surface area (TPSA) is 102 Å². The summed E-state index contributed by atoms with van der Waals surface area (Å²) in [5.74, 6) is 0.128. The molecule has 3 aliphatic rings. The van der Waals surface area contributed by atoms with Gasteiger partial charge in [-0.25, -0.2) is 9.59 Å². The number of rotatable bonds is 4. The van der Waals surface area contributed by atoms with Gasteiger partial charge in [-0.3, -0.25) is 14.6 Å². The van der Waals surface area contributed by atoms with Gasteiger partial charge in [0, 0.05) is 44.3 Å². The van der Waals surface area contributed by atoms with Crippen LogP contribution in [0.2, 0.25) is 0 Å². The lowest BCUT2D eigenvalue weighted by Gasteiger charge is -2.38. The third-order valence-electron chi connectivity index (χ3n) is 6.89. The van der Waals surface area contributed by atoms with Crippen molar-refractivity contribution in [1.82, 2.24) is 20.0 Å². The molecule has 1 aromatic carbocycles. The zero-order chi connectivity index (χ0) is 22.9. The lowest BCUT2D eigenvalue weighted by Crippen LogP contribution is -2.56. The summed E-state index contributed by atoms with van der Waals surface area (Å²) in [6.45, 7) is 6.99. The van der Waals surface area contributed by atoms with Crippen LogP contribution < -0.4 is 5.32 Å². The molecule has 0 aliphatic carbocycles. The summed E-state index contributed by atoms with van der Waals surface area (Å²) < 4.78 is 5.05. The second kappa shape index (κ2) is 8.97. The van der Waals surface area contributed by atoms with Gasteiger partial charge in [-0.05, 0) is 45.6 Å². The van der Waals surface area contributed by atoms with E-state index in [0.29, 0.717) is 57.7 Å². The number of benzene rings is 1. The molecule has 9 heteroatoms. The first-order valence-electron chi connectivity index (χ1n) is 11.4. The van der Waals surface area contributed by atoms with Crippen LogP contribution in [-0.4, -0.2) is 82.2 Å². The summed E-state index contributed by atoms with van der Waals surface area (Å²) in [6, 6.07) is 5.14. The van der Waals surface area contributed by atoms with Crippen molar-refractivity contribution < 1.29 is 24.2 Å². The first-order chi connectivity index (χ1) is 15.3. The Morgan fingerprint density at radius 1 is 1.19 bits per heavy atom. The molecule has 1 spiro atoms. The van der Waals surface area contributed by atoms with Crippen molar-refractivity contribution in [2.24, 2.45) is 0 Å². The highest BCUT2D eigenvalue weighted by molar-refractivity contribution is 6.07. The standard InChI is InChI=1S/C23H32N4O5/c1-3-32-22(31)26-12-8-23(9-13-26)20(29)27(21(30)24-23)18-6-10-25(11-7-18)15-17-14-16(2)4-5-19(17)28/h4-5,14,18,28H,3,6-13,15H2,1-2H3,(H,24,30). The number of urea groups is 1. The summed E-state index contributed by atoms with van der Waals surface area (Å²) in [4.78, 5) is 43.3. The molecular weight excluding hydrogens is 412 g/mol. The monoisotopic (exact) mass is 444 g/mol. The summed E-state index contributed by atoms with van der Waals surface area (Å²) in [5.41, 5.74) is 1.09. The molecule has 0 radical (unpaired) electrons. The number of piperidine rings is 2. The minimum atomic E-state index is -0.912. The maximum absolute atomic E-state index is 13.3. The van der Waals surface area contributed by atoms with Crippen molar-refractivity contribution in [1.29, 1.82) is 0 Å². The first kappa shape index (κ1) is 22.4. The Labute approximate surface area is 188 Å². The van der Waals surface area contributed by atoms with Gasteiger partial charge >= 0.3 is 12.1 Å². The van der Waals surface area contributed by atoms with Crippen molar-refractivity contribution in [2.75, 3.05) is 32.8 Å². The number of phenols is 1. The average molecular weight is 445 g/mol. The Bertz CT molecular complexity index is 888. The van der Waals surface area contributed by atoms with Crippen LogP contribution >= 0.6 is 0 Å². The van der Waals surface area contributed by atoms with E-state index in [1.54, 1.807) is 17.9 Å². The fraction of sp³-hybridized carbons (Fsp3) is 0.609. The minimum absolute atomic E-state index is 0.132. The van der Waals surface area contributed by atoms with Crippen molar-refractivity contribution in [3.05, 3.63) is 29.3 Å². The molecular formula is C23H32N4O5. The number of hydrogen-bond donors (Lipinski definition) is 2. The van der Waals surface area contributed by atoms with Crippen LogP contribution in [0.4, 0.5) is 9.59 Å². The van der Waals surface area contributed by atoms with E-state index in [2.05, 4.69) is 10.2 Å². The summed E-state index contributed by atoms with van der Waals surface area (Å²) in [5, 5.41) is 13.1. The number of phenolic OH excluding ortho intramolecular Hbond substituents is 1. The molecule has 0 saturated carbocycles. The number of imide groups is 1. The fourth-order valence-electron chi connectivity index (χ4n) is 5.01. The summed E-state index contributed by atoms with van der Waals surface area (Å²) in [6.07, 6.45) is 1.84. The van der Waals surface area contributed by atoms with Gasteiger partial charge in [0.2, 0.25) is 0 Å². The third kappa shape index (κ3) is 4.26. The van der Waals surface area contributed by atoms with Crippen LogP contribution in [0.25, 0.3) is 0 Å². The predicted molar refractivity (Wildman–Crippen MR) is 117 cm³/mol. The molecule has 1 aromatic rings. The molecule has 9 nitrogen and oxygen atoms in total. The molecule has 3 fully saturated rings. The molecule has 174 valence electrons.